The van der Waals surface area contributed by atoms with E-state index in [-0.39, 0.29) is 13.0 Å². The van der Waals surface area contributed by atoms with Gasteiger partial charge in [-0.3, -0.25) is 9.59 Å². The number of methoxy groups -OCH3 is 1. The van der Waals surface area contributed by atoms with E-state index in [1.807, 2.05) is 36.4 Å². The zero-order valence-electron chi connectivity index (χ0n) is 15.5. The van der Waals surface area contributed by atoms with Crippen molar-refractivity contribution in [2.24, 2.45) is 10.2 Å². The summed E-state index contributed by atoms with van der Waals surface area (Å²) in [5, 5.41) is 8.32. The minimum absolute atomic E-state index is 0.0140. The molecule has 2 aromatic carbocycles. The van der Waals surface area contributed by atoms with Crippen LogP contribution in [0.4, 0.5) is 11.4 Å². The monoisotopic (exact) mass is 370 g/mol. The summed E-state index contributed by atoms with van der Waals surface area (Å²) in [6.07, 6.45) is -0.0140. The maximum absolute atomic E-state index is 11.8. The number of carbonyl (C=O) groups excluding carboxylic acids is 2. The van der Waals surface area contributed by atoms with Crippen molar-refractivity contribution in [3.05, 3.63) is 54.1 Å². The summed E-state index contributed by atoms with van der Waals surface area (Å²) in [5.74, 6) is 0.319. The normalized spacial score (nSPS) is 11.2. The number of rotatable bonds is 9. The lowest BCUT2D eigenvalue weighted by atomic mass is 10.1. The van der Waals surface area contributed by atoms with Gasteiger partial charge in [0, 0.05) is 0 Å². The molecular formula is C20H22N2O5. The van der Waals surface area contributed by atoms with Gasteiger partial charge in [0.15, 0.2) is 0 Å². The van der Waals surface area contributed by atoms with Crippen LogP contribution in [0.1, 0.15) is 25.8 Å². The Morgan fingerprint density at radius 1 is 1.00 bits per heavy atom. The van der Waals surface area contributed by atoms with Crippen molar-refractivity contribution < 1.29 is 23.8 Å². The molecule has 0 radical (unpaired) electrons. The van der Waals surface area contributed by atoms with Crippen LogP contribution in [0.3, 0.4) is 0 Å². The van der Waals surface area contributed by atoms with E-state index in [2.05, 4.69) is 10.2 Å². The van der Waals surface area contributed by atoms with Gasteiger partial charge in [0.1, 0.15) is 18.0 Å². The van der Waals surface area contributed by atoms with Crippen LogP contribution in [0.5, 0.6) is 5.75 Å². The third kappa shape index (κ3) is 6.89. The maximum atomic E-state index is 11.8. The first-order chi connectivity index (χ1) is 12.9. The van der Waals surface area contributed by atoms with Crippen LogP contribution in [0, 0.1) is 0 Å². The van der Waals surface area contributed by atoms with Crippen molar-refractivity contribution in [3.63, 3.8) is 0 Å². The minimum Gasteiger partial charge on any atom is -0.497 e. The molecule has 2 rings (SSSR count). The Morgan fingerprint density at radius 2 is 1.56 bits per heavy atom. The van der Waals surface area contributed by atoms with Gasteiger partial charge in [0.05, 0.1) is 24.9 Å². The zero-order valence-corrected chi connectivity index (χ0v) is 15.5. The smallest absolute Gasteiger partial charge is 0.310 e. The van der Waals surface area contributed by atoms with E-state index in [1.165, 1.54) is 0 Å². The van der Waals surface area contributed by atoms with Crippen molar-refractivity contribution in [1.29, 1.82) is 0 Å². The average molecular weight is 370 g/mol. The number of ether oxygens (including phenoxy) is 3. The lowest BCUT2D eigenvalue weighted by Crippen LogP contribution is -2.28. The van der Waals surface area contributed by atoms with E-state index in [0.717, 1.165) is 11.3 Å². The fraction of sp³-hybridized carbons (Fsp3) is 0.300. The van der Waals surface area contributed by atoms with Crippen LogP contribution in [-0.2, 0) is 25.7 Å². The molecule has 0 spiro atoms. The third-order valence-corrected chi connectivity index (χ3v) is 3.63. The van der Waals surface area contributed by atoms with Crippen molar-refractivity contribution in [2.45, 2.75) is 32.5 Å². The van der Waals surface area contributed by atoms with Crippen LogP contribution in [0.2, 0.25) is 0 Å². The standard InChI is InChI=1S/C20H22N2O5/c1-20(2,27-14-23)12-19(24)26-13-15-4-6-16(7-5-15)21-22-17-8-10-18(25-3)11-9-17/h4-11,14H,12-13H2,1-3H3. The molecular weight excluding hydrogens is 348 g/mol. The molecule has 0 N–H and O–H groups in total. The number of carbonyl (C=O) groups is 2. The van der Waals surface area contributed by atoms with E-state index in [1.54, 1.807) is 33.1 Å². The van der Waals surface area contributed by atoms with Crippen molar-refractivity contribution in [2.75, 3.05) is 7.11 Å². The first-order valence-corrected chi connectivity index (χ1v) is 8.34. The minimum atomic E-state index is -0.884. The van der Waals surface area contributed by atoms with Gasteiger partial charge in [-0.25, -0.2) is 0 Å². The second-order valence-electron chi connectivity index (χ2n) is 6.38. The van der Waals surface area contributed by atoms with Crippen molar-refractivity contribution >= 4 is 23.8 Å². The summed E-state index contributed by atoms with van der Waals surface area (Å²) in [7, 11) is 1.61. The second kappa shape index (κ2) is 9.47. The number of nitrogens with zero attached hydrogens (tertiary/aromatic N) is 2. The van der Waals surface area contributed by atoms with E-state index >= 15 is 0 Å². The molecule has 7 heteroatoms. The Kier molecular flexibility index (Phi) is 7.05. The largest absolute Gasteiger partial charge is 0.497 e. The number of esters is 1. The lowest BCUT2D eigenvalue weighted by molar-refractivity contribution is -0.155. The van der Waals surface area contributed by atoms with Crippen LogP contribution in [-0.4, -0.2) is 25.2 Å². The van der Waals surface area contributed by atoms with Crippen molar-refractivity contribution in [3.8, 4) is 5.75 Å². The molecule has 0 saturated carbocycles. The predicted molar refractivity (Wildman–Crippen MR) is 99.3 cm³/mol. The third-order valence-electron chi connectivity index (χ3n) is 3.63. The van der Waals surface area contributed by atoms with Crippen LogP contribution in [0.15, 0.2) is 58.8 Å². The molecule has 142 valence electrons. The van der Waals surface area contributed by atoms with Gasteiger partial charge in [-0.15, -0.1) is 0 Å². The molecule has 0 aromatic heterocycles. The SMILES string of the molecule is COc1ccc(N=Nc2ccc(COC(=O)CC(C)(C)OC=O)cc2)cc1. The Bertz CT molecular complexity index is 783. The quantitative estimate of drug-likeness (QED) is 0.369. The van der Waals surface area contributed by atoms with Gasteiger partial charge in [-0.2, -0.15) is 10.2 Å². The molecule has 0 fully saturated rings. The molecule has 2 aromatic rings. The van der Waals surface area contributed by atoms with Gasteiger partial charge in [0.2, 0.25) is 0 Å². The zero-order chi connectivity index (χ0) is 19.7. The van der Waals surface area contributed by atoms with E-state index < -0.39 is 11.6 Å². The highest BCUT2D eigenvalue weighted by Crippen LogP contribution is 2.21. The van der Waals surface area contributed by atoms with E-state index in [4.69, 9.17) is 14.2 Å². The molecule has 0 saturated heterocycles. The summed E-state index contributed by atoms with van der Waals surface area (Å²) in [6, 6.07) is 14.4. The summed E-state index contributed by atoms with van der Waals surface area (Å²) in [4.78, 5) is 22.2. The number of benzene rings is 2. The van der Waals surface area contributed by atoms with E-state index in [0.29, 0.717) is 17.8 Å². The van der Waals surface area contributed by atoms with Crippen LogP contribution >= 0.6 is 0 Å². The summed E-state index contributed by atoms with van der Waals surface area (Å²) >= 11 is 0. The lowest BCUT2D eigenvalue weighted by Gasteiger charge is -2.21. The molecule has 0 aliphatic carbocycles. The number of hydrogen-bond donors (Lipinski definition) is 0. The van der Waals surface area contributed by atoms with Crippen molar-refractivity contribution in [1.82, 2.24) is 0 Å². The van der Waals surface area contributed by atoms with Gasteiger partial charge < -0.3 is 14.2 Å². The first kappa shape index (κ1) is 20.1. The Balaban J connectivity index is 1.86. The summed E-state index contributed by atoms with van der Waals surface area (Å²) in [6.45, 7) is 3.74. The average Bonchev–Trinajstić information content (AvgIpc) is 2.65. The topological polar surface area (TPSA) is 86.6 Å². The van der Waals surface area contributed by atoms with Crippen LogP contribution in [0.25, 0.3) is 0 Å². The second-order valence-corrected chi connectivity index (χ2v) is 6.38. The molecule has 0 amide bonds. The fourth-order valence-electron chi connectivity index (χ4n) is 2.16. The molecule has 7 nitrogen and oxygen atoms in total. The molecule has 0 unspecified atom stereocenters. The first-order valence-electron chi connectivity index (χ1n) is 8.34. The Hall–Kier alpha value is -3.22. The van der Waals surface area contributed by atoms with Gasteiger partial charge in [-0.05, 0) is 55.8 Å². The molecule has 0 bridgehead atoms. The maximum Gasteiger partial charge on any atom is 0.310 e. The summed E-state index contributed by atoms with van der Waals surface area (Å²) < 4.78 is 15.1. The molecule has 0 aliphatic heterocycles. The summed E-state index contributed by atoms with van der Waals surface area (Å²) in [5.41, 5.74) is 1.33. The Morgan fingerprint density at radius 3 is 2.07 bits per heavy atom. The molecule has 0 atom stereocenters. The molecule has 0 heterocycles. The highest BCUT2D eigenvalue weighted by atomic mass is 16.6. The predicted octanol–water partition coefficient (Wildman–Crippen LogP) is 4.50. The number of azo groups is 1. The molecule has 27 heavy (non-hydrogen) atoms. The highest BCUT2D eigenvalue weighted by Gasteiger charge is 2.24. The fourth-order valence-corrected chi connectivity index (χ4v) is 2.16. The Labute approximate surface area is 158 Å². The highest BCUT2D eigenvalue weighted by molar-refractivity contribution is 5.70. The van der Waals surface area contributed by atoms with Crippen LogP contribution < -0.4 is 4.74 Å². The number of hydrogen-bond acceptors (Lipinski definition) is 7. The van der Waals surface area contributed by atoms with Gasteiger partial charge >= 0.3 is 5.97 Å². The molecule has 0 aliphatic rings. The van der Waals surface area contributed by atoms with Gasteiger partial charge in [-0.1, -0.05) is 12.1 Å². The van der Waals surface area contributed by atoms with E-state index in [9.17, 15) is 9.59 Å². The van der Waals surface area contributed by atoms with Gasteiger partial charge in [0.25, 0.3) is 6.47 Å².